The highest BCUT2D eigenvalue weighted by Gasteiger charge is 2.28. The predicted octanol–water partition coefficient (Wildman–Crippen LogP) is 0.393. The molecule has 4 heteroatoms. The van der Waals surface area contributed by atoms with Crippen LogP contribution < -0.4 is 0 Å². The fraction of sp³-hybridized carbons (Fsp3) is 0.900. The number of carbonyl (C=O) groups excluding carboxylic acids is 1. The average Bonchev–Trinajstić information content (AvgIpc) is 2.50. The van der Waals surface area contributed by atoms with E-state index in [-0.39, 0.29) is 18.1 Å². The van der Waals surface area contributed by atoms with Crippen molar-refractivity contribution in [3.8, 4) is 0 Å². The topological polar surface area (TPSA) is 49.8 Å². The molecular weight excluding hydrogens is 182 g/mol. The second kappa shape index (κ2) is 4.75. The number of ether oxygens (including phenoxy) is 1. The third-order valence-corrected chi connectivity index (χ3v) is 2.28. The molecule has 2 atom stereocenters. The Labute approximate surface area is 84.8 Å². The van der Waals surface area contributed by atoms with Gasteiger partial charge in [-0.25, -0.2) is 0 Å². The highest BCUT2D eigenvalue weighted by Crippen LogP contribution is 2.15. The number of likely N-dealkylation sites (tertiary alicyclic amines) is 1. The van der Waals surface area contributed by atoms with E-state index >= 15 is 0 Å². The van der Waals surface area contributed by atoms with Crippen LogP contribution in [0.25, 0.3) is 0 Å². The van der Waals surface area contributed by atoms with Gasteiger partial charge in [0, 0.05) is 13.1 Å². The summed E-state index contributed by atoms with van der Waals surface area (Å²) in [6, 6.07) is 0. The number of rotatable bonds is 3. The number of nitrogens with zero attached hydrogens (tertiary/aromatic N) is 1. The fourth-order valence-electron chi connectivity index (χ4n) is 1.69. The van der Waals surface area contributed by atoms with Crippen LogP contribution in [0, 0.1) is 0 Å². The van der Waals surface area contributed by atoms with Gasteiger partial charge in [0.05, 0.1) is 12.2 Å². The maximum Gasteiger partial charge on any atom is 0.251 e. The molecule has 1 rings (SSSR count). The van der Waals surface area contributed by atoms with Gasteiger partial charge in [-0.2, -0.15) is 0 Å². The molecule has 1 fully saturated rings. The van der Waals surface area contributed by atoms with E-state index < -0.39 is 6.10 Å². The Kier molecular flexibility index (Phi) is 3.89. The van der Waals surface area contributed by atoms with Crippen LogP contribution in [0.2, 0.25) is 0 Å². The van der Waals surface area contributed by atoms with E-state index in [1.54, 1.807) is 4.90 Å². The molecule has 0 aromatic rings. The normalized spacial score (nSPS) is 24.4. The van der Waals surface area contributed by atoms with Gasteiger partial charge in [0.15, 0.2) is 0 Å². The van der Waals surface area contributed by atoms with Gasteiger partial charge < -0.3 is 14.7 Å². The van der Waals surface area contributed by atoms with Crippen LogP contribution >= 0.6 is 0 Å². The maximum atomic E-state index is 11.4. The molecule has 0 aliphatic carbocycles. The van der Waals surface area contributed by atoms with Crippen molar-refractivity contribution in [2.24, 2.45) is 0 Å². The molecule has 1 aliphatic rings. The summed E-state index contributed by atoms with van der Waals surface area (Å²) in [5, 5.41) is 9.12. The van der Waals surface area contributed by atoms with Crippen molar-refractivity contribution in [2.75, 3.05) is 13.1 Å². The fourth-order valence-corrected chi connectivity index (χ4v) is 1.69. The van der Waals surface area contributed by atoms with E-state index in [2.05, 4.69) is 0 Å². The van der Waals surface area contributed by atoms with Crippen molar-refractivity contribution >= 4 is 5.91 Å². The lowest BCUT2D eigenvalue weighted by atomic mass is 10.3. The van der Waals surface area contributed by atoms with Gasteiger partial charge in [0.25, 0.3) is 5.91 Å². The molecule has 1 aliphatic heterocycles. The van der Waals surface area contributed by atoms with Crippen LogP contribution in [-0.2, 0) is 9.53 Å². The summed E-state index contributed by atoms with van der Waals surface area (Å²) in [5.41, 5.74) is 0. The first-order chi connectivity index (χ1) is 6.50. The molecule has 0 radical (unpaired) electrons. The van der Waals surface area contributed by atoms with Crippen LogP contribution in [-0.4, -0.2) is 47.3 Å². The van der Waals surface area contributed by atoms with Crippen molar-refractivity contribution < 1.29 is 14.6 Å². The molecule has 14 heavy (non-hydrogen) atoms. The van der Waals surface area contributed by atoms with E-state index in [9.17, 15) is 4.79 Å². The Hall–Kier alpha value is -0.610. The molecule has 1 amide bonds. The minimum Gasteiger partial charge on any atom is -0.384 e. The summed E-state index contributed by atoms with van der Waals surface area (Å²) in [7, 11) is 0. The molecule has 1 N–H and O–H groups in total. The van der Waals surface area contributed by atoms with Crippen molar-refractivity contribution in [1.29, 1.82) is 0 Å². The van der Waals surface area contributed by atoms with E-state index in [4.69, 9.17) is 9.84 Å². The zero-order valence-corrected chi connectivity index (χ0v) is 9.06. The van der Waals surface area contributed by atoms with Crippen LogP contribution in [0.3, 0.4) is 0 Å². The summed E-state index contributed by atoms with van der Waals surface area (Å²) < 4.78 is 5.60. The summed E-state index contributed by atoms with van der Waals surface area (Å²) in [6.45, 7) is 6.78. The van der Waals surface area contributed by atoms with Gasteiger partial charge in [0.2, 0.25) is 0 Å². The first kappa shape index (κ1) is 11.5. The van der Waals surface area contributed by atoms with Crippen molar-refractivity contribution in [2.45, 2.75) is 45.5 Å². The van der Waals surface area contributed by atoms with Gasteiger partial charge in [-0.05, 0) is 27.2 Å². The molecule has 0 aromatic heterocycles. The molecule has 0 aromatic carbocycles. The molecular formula is C10H19NO3. The quantitative estimate of drug-likeness (QED) is 0.718. The Morgan fingerprint density at radius 1 is 1.50 bits per heavy atom. The summed E-state index contributed by atoms with van der Waals surface area (Å²) >= 11 is 0. The largest absolute Gasteiger partial charge is 0.384 e. The lowest BCUT2D eigenvalue weighted by molar-refractivity contribution is -0.138. The second-order valence-corrected chi connectivity index (χ2v) is 4.06. The van der Waals surface area contributed by atoms with Crippen LogP contribution in [0.1, 0.15) is 27.2 Å². The Bertz CT molecular complexity index is 204. The third kappa shape index (κ3) is 2.96. The van der Waals surface area contributed by atoms with E-state index in [1.165, 1.54) is 6.92 Å². The first-order valence-corrected chi connectivity index (χ1v) is 5.13. The minimum atomic E-state index is -0.896. The van der Waals surface area contributed by atoms with Gasteiger partial charge in [-0.15, -0.1) is 0 Å². The lowest BCUT2D eigenvalue weighted by Gasteiger charge is -2.19. The highest BCUT2D eigenvalue weighted by molar-refractivity contribution is 5.80. The molecule has 1 saturated heterocycles. The van der Waals surface area contributed by atoms with Crippen LogP contribution in [0.5, 0.6) is 0 Å². The highest BCUT2D eigenvalue weighted by atomic mass is 16.5. The zero-order valence-electron chi connectivity index (χ0n) is 9.06. The standard InChI is InChI=1S/C10H19NO3/c1-7(2)14-9-4-5-11(6-9)10(13)8(3)12/h7-9,12H,4-6H2,1-3H3/t8-,9+/m0/s1. The Morgan fingerprint density at radius 2 is 2.14 bits per heavy atom. The van der Waals surface area contributed by atoms with E-state index in [0.29, 0.717) is 13.1 Å². The smallest absolute Gasteiger partial charge is 0.251 e. The van der Waals surface area contributed by atoms with Gasteiger partial charge >= 0.3 is 0 Å². The zero-order chi connectivity index (χ0) is 10.7. The van der Waals surface area contributed by atoms with E-state index in [1.807, 2.05) is 13.8 Å². The minimum absolute atomic E-state index is 0.137. The van der Waals surface area contributed by atoms with Gasteiger partial charge in [0.1, 0.15) is 6.10 Å². The second-order valence-electron chi connectivity index (χ2n) is 4.06. The predicted molar refractivity (Wildman–Crippen MR) is 52.9 cm³/mol. The molecule has 0 spiro atoms. The molecule has 1 heterocycles. The number of hydrogen-bond acceptors (Lipinski definition) is 3. The monoisotopic (exact) mass is 201 g/mol. The molecule has 4 nitrogen and oxygen atoms in total. The summed E-state index contributed by atoms with van der Waals surface area (Å²) in [4.78, 5) is 13.1. The number of aliphatic hydroxyl groups is 1. The SMILES string of the molecule is CC(C)O[C@@H]1CCN(C(=O)[C@H](C)O)C1. The van der Waals surface area contributed by atoms with Crippen molar-refractivity contribution in [3.63, 3.8) is 0 Å². The van der Waals surface area contributed by atoms with Crippen molar-refractivity contribution in [3.05, 3.63) is 0 Å². The maximum absolute atomic E-state index is 11.4. The number of hydrogen-bond donors (Lipinski definition) is 1. The van der Waals surface area contributed by atoms with Gasteiger partial charge in [-0.1, -0.05) is 0 Å². The summed E-state index contributed by atoms with van der Waals surface area (Å²) in [5.74, 6) is -0.195. The molecule has 0 bridgehead atoms. The van der Waals surface area contributed by atoms with E-state index in [0.717, 1.165) is 6.42 Å². The Morgan fingerprint density at radius 3 is 2.64 bits per heavy atom. The number of amides is 1. The molecule has 0 saturated carbocycles. The number of aliphatic hydroxyl groups excluding tert-OH is 1. The molecule has 82 valence electrons. The van der Waals surface area contributed by atoms with Gasteiger partial charge in [-0.3, -0.25) is 4.79 Å². The number of carbonyl (C=O) groups is 1. The first-order valence-electron chi connectivity index (χ1n) is 5.13. The van der Waals surface area contributed by atoms with Crippen LogP contribution in [0.4, 0.5) is 0 Å². The van der Waals surface area contributed by atoms with Crippen LogP contribution in [0.15, 0.2) is 0 Å². The average molecular weight is 201 g/mol. The Balaban J connectivity index is 2.37. The summed E-state index contributed by atoms with van der Waals surface area (Å²) in [6.07, 6.45) is 0.309. The third-order valence-electron chi connectivity index (χ3n) is 2.28. The molecule has 0 unspecified atom stereocenters. The lowest BCUT2D eigenvalue weighted by Crippen LogP contribution is -2.37. The van der Waals surface area contributed by atoms with Crippen molar-refractivity contribution in [1.82, 2.24) is 4.90 Å².